The fraction of sp³-hybridized carbons (Fsp3) is 0.300. The summed E-state index contributed by atoms with van der Waals surface area (Å²) in [5.74, 6) is 0. The molecule has 0 atom stereocenters. The van der Waals surface area contributed by atoms with Crippen LogP contribution in [-0.2, 0) is 4.57 Å². The molecule has 1 rings (SSSR count). The third-order valence-corrected chi connectivity index (χ3v) is 2.99. The van der Waals surface area contributed by atoms with Crippen LogP contribution in [-0.4, -0.2) is 18.9 Å². The standard InChI is InChI=1S/C10H13O2P/c1-8-5-4-6-9(7-8)10(11)13(2,3)12/h4-7H,1-3H3. The molecule has 0 fully saturated rings. The van der Waals surface area contributed by atoms with E-state index in [4.69, 9.17) is 0 Å². The molecule has 13 heavy (non-hydrogen) atoms. The van der Waals surface area contributed by atoms with Gasteiger partial charge in [0.2, 0.25) is 5.52 Å². The van der Waals surface area contributed by atoms with E-state index in [0.717, 1.165) is 5.56 Å². The first kappa shape index (κ1) is 10.2. The first-order chi connectivity index (χ1) is 5.91. The number of carbonyl (C=O) groups is 1. The van der Waals surface area contributed by atoms with Crippen molar-refractivity contribution in [2.45, 2.75) is 6.92 Å². The van der Waals surface area contributed by atoms with Gasteiger partial charge in [0.05, 0.1) is 0 Å². The highest BCUT2D eigenvalue weighted by Gasteiger charge is 2.20. The van der Waals surface area contributed by atoms with Crippen LogP contribution in [0.1, 0.15) is 15.9 Å². The van der Waals surface area contributed by atoms with Crippen molar-refractivity contribution in [2.24, 2.45) is 0 Å². The highest BCUT2D eigenvalue weighted by atomic mass is 31.2. The van der Waals surface area contributed by atoms with Crippen LogP contribution < -0.4 is 0 Å². The smallest absolute Gasteiger partial charge is 0.220 e. The molecule has 0 heterocycles. The molecule has 0 bridgehead atoms. The lowest BCUT2D eigenvalue weighted by Crippen LogP contribution is -1.98. The summed E-state index contributed by atoms with van der Waals surface area (Å²) in [5, 5.41) is 0. The SMILES string of the molecule is Cc1cccc(C(=O)P(C)(C)=O)c1. The normalized spacial score (nSPS) is 11.3. The largest absolute Gasteiger partial charge is 0.316 e. The summed E-state index contributed by atoms with van der Waals surface area (Å²) < 4.78 is 11.5. The Hall–Kier alpha value is -0.880. The van der Waals surface area contributed by atoms with E-state index >= 15 is 0 Å². The molecule has 70 valence electrons. The van der Waals surface area contributed by atoms with E-state index in [1.807, 2.05) is 13.0 Å². The Morgan fingerprint density at radius 3 is 2.38 bits per heavy atom. The van der Waals surface area contributed by atoms with Crippen molar-refractivity contribution < 1.29 is 9.36 Å². The zero-order chi connectivity index (χ0) is 10.1. The monoisotopic (exact) mass is 196 g/mol. The molecular weight excluding hydrogens is 183 g/mol. The number of aryl methyl sites for hydroxylation is 1. The van der Waals surface area contributed by atoms with Crippen LogP contribution >= 0.6 is 7.14 Å². The van der Waals surface area contributed by atoms with Crippen LogP contribution in [0.3, 0.4) is 0 Å². The van der Waals surface area contributed by atoms with E-state index in [0.29, 0.717) is 5.56 Å². The second kappa shape index (κ2) is 3.47. The molecule has 0 aliphatic heterocycles. The lowest BCUT2D eigenvalue weighted by atomic mass is 10.2. The van der Waals surface area contributed by atoms with Crippen LogP contribution in [0.5, 0.6) is 0 Å². The van der Waals surface area contributed by atoms with Gasteiger partial charge in [-0.25, -0.2) is 0 Å². The zero-order valence-electron chi connectivity index (χ0n) is 8.07. The van der Waals surface area contributed by atoms with Crippen LogP contribution in [0, 0.1) is 6.92 Å². The topological polar surface area (TPSA) is 34.1 Å². The van der Waals surface area contributed by atoms with E-state index in [1.54, 1.807) is 18.2 Å². The van der Waals surface area contributed by atoms with E-state index in [9.17, 15) is 9.36 Å². The highest BCUT2D eigenvalue weighted by molar-refractivity contribution is 7.79. The lowest BCUT2D eigenvalue weighted by molar-refractivity contribution is 0.107. The molecular formula is C10H13O2P. The van der Waals surface area contributed by atoms with Gasteiger partial charge in [0.25, 0.3) is 0 Å². The predicted molar refractivity (Wildman–Crippen MR) is 55.0 cm³/mol. The van der Waals surface area contributed by atoms with Gasteiger partial charge in [-0.3, -0.25) is 4.79 Å². The third kappa shape index (κ3) is 2.53. The van der Waals surface area contributed by atoms with Gasteiger partial charge < -0.3 is 4.57 Å². The molecule has 2 nitrogen and oxygen atoms in total. The van der Waals surface area contributed by atoms with Crippen molar-refractivity contribution in [1.82, 2.24) is 0 Å². The summed E-state index contributed by atoms with van der Waals surface area (Å²) >= 11 is 0. The summed E-state index contributed by atoms with van der Waals surface area (Å²) in [6.07, 6.45) is 0. The molecule has 0 aliphatic rings. The highest BCUT2D eigenvalue weighted by Crippen LogP contribution is 2.40. The summed E-state index contributed by atoms with van der Waals surface area (Å²) in [5.41, 5.74) is 1.32. The minimum atomic E-state index is -2.64. The fourth-order valence-corrected chi connectivity index (χ4v) is 1.85. The molecule has 3 heteroatoms. The van der Waals surface area contributed by atoms with Gasteiger partial charge in [0.1, 0.15) is 7.14 Å². The Labute approximate surface area is 78.3 Å². The predicted octanol–water partition coefficient (Wildman–Crippen LogP) is 2.76. The fourth-order valence-electron chi connectivity index (χ4n) is 1.09. The Morgan fingerprint density at radius 1 is 1.31 bits per heavy atom. The van der Waals surface area contributed by atoms with Crippen molar-refractivity contribution in [2.75, 3.05) is 13.3 Å². The van der Waals surface area contributed by atoms with Gasteiger partial charge in [0, 0.05) is 5.56 Å². The maximum atomic E-state index is 11.6. The summed E-state index contributed by atoms with van der Waals surface area (Å²) in [6.45, 7) is 4.91. The van der Waals surface area contributed by atoms with Gasteiger partial charge >= 0.3 is 0 Å². The summed E-state index contributed by atoms with van der Waals surface area (Å²) in [7, 11) is -2.64. The van der Waals surface area contributed by atoms with Crippen molar-refractivity contribution in [3.05, 3.63) is 35.4 Å². The first-order valence-electron chi connectivity index (χ1n) is 4.08. The average Bonchev–Trinajstić information content (AvgIpc) is 2.01. The Bertz CT molecular complexity index is 376. The molecule has 0 amide bonds. The van der Waals surface area contributed by atoms with Gasteiger partial charge in [-0.1, -0.05) is 23.8 Å². The second-order valence-electron chi connectivity index (χ2n) is 3.53. The Morgan fingerprint density at radius 2 is 1.92 bits per heavy atom. The van der Waals surface area contributed by atoms with Crippen molar-refractivity contribution >= 4 is 12.7 Å². The molecule has 0 radical (unpaired) electrons. The molecule has 0 N–H and O–H groups in total. The van der Waals surface area contributed by atoms with Gasteiger partial charge in [-0.05, 0) is 26.3 Å². The van der Waals surface area contributed by atoms with E-state index in [-0.39, 0.29) is 5.52 Å². The third-order valence-electron chi connectivity index (χ3n) is 1.75. The van der Waals surface area contributed by atoms with E-state index < -0.39 is 7.14 Å². The number of hydrogen-bond acceptors (Lipinski definition) is 2. The molecule has 1 aromatic carbocycles. The molecule has 0 unspecified atom stereocenters. The van der Waals surface area contributed by atoms with Crippen LogP contribution in [0.2, 0.25) is 0 Å². The maximum absolute atomic E-state index is 11.6. The molecule has 0 saturated heterocycles. The first-order valence-corrected chi connectivity index (χ1v) is 6.68. The number of hydrogen-bond donors (Lipinski definition) is 0. The van der Waals surface area contributed by atoms with Crippen LogP contribution in [0.15, 0.2) is 24.3 Å². The van der Waals surface area contributed by atoms with Crippen molar-refractivity contribution in [3.63, 3.8) is 0 Å². The molecule has 0 saturated carbocycles. The van der Waals surface area contributed by atoms with Crippen LogP contribution in [0.4, 0.5) is 0 Å². The molecule has 0 aromatic heterocycles. The summed E-state index contributed by atoms with van der Waals surface area (Å²) in [6, 6.07) is 7.18. The van der Waals surface area contributed by atoms with Crippen molar-refractivity contribution in [1.29, 1.82) is 0 Å². The maximum Gasteiger partial charge on any atom is 0.220 e. The lowest BCUT2D eigenvalue weighted by Gasteiger charge is -2.05. The summed E-state index contributed by atoms with van der Waals surface area (Å²) in [4.78, 5) is 11.6. The zero-order valence-corrected chi connectivity index (χ0v) is 8.97. The van der Waals surface area contributed by atoms with E-state index in [1.165, 1.54) is 13.3 Å². The quantitative estimate of drug-likeness (QED) is 0.681. The second-order valence-corrected chi connectivity index (χ2v) is 6.63. The van der Waals surface area contributed by atoms with Gasteiger partial charge in [0.15, 0.2) is 0 Å². The minimum absolute atomic E-state index is 0.240. The molecule has 0 aliphatic carbocycles. The number of benzene rings is 1. The Balaban J connectivity index is 3.10. The molecule has 0 spiro atoms. The number of carbonyl (C=O) groups excluding carboxylic acids is 1. The van der Waals surface area contributed by atoms with Crippen molar-refractivity contribution in [3.8, 4) is 0 Å². The average molecular weight is 196 g/mol. The van der Waals surface area contributed by atoms with Gasteiger partial charge in [-0.15, -0.1) is 0 Å². The van der Waals surface area contributed by atoms with E-state index in [2.05, 4.69) is 0 Å². The van der Waals surface area contributed by atoms with Crippen LogP contribution in [0.25, 0.3) is 0 Å². The molecule has 1 aromatic rings. The Kier molecular flexibility index (Phi) is 2.72. The minimum Gasteiger partial charge on any atom is -0.316 e. The number of rotatable bonds is 2. The van der Waals surface area contributed by atoms with Gasteiger partial charge in [-0.2, -0.15) is 0 Å².